The number of rotatable bonds is 8. The molecule has 0 aliphatic heterocycles. The van der Waals surface area contributed by atoms with Crippen LogP contribution in [0.5, 0.6) is 11.5 Å². The average molecular weight is 349 g/mol. The number of hydrogen-bond donors (Lipinski definition) is 0. The Labute approximate surface area is 147 Å². The third-order valence-electron chi connectivity index (χ3n) is 3.33. The van der Waals surface area contributed by atoms with Crippen LogP contribution in [0.4, 0.5) is 5.69 Å². The van der Waals surface area contributed by atoms with Crippen molar-refractivity contribution in [2.45, 2.75) is 27.2 Å². The predicted molar refractivity (Wildman–Crippen MR) is 94.9 cm³/mol. The first-order chi connectivity index (χ1) is 11.8. The van der Waals surface area contributed by atoms with Crippen LogP contribution in [0.2, 0.25) is 0 Å². The van der Waals surface area contributed by atoms with Crippen molar-refractivity contribution in [1.29, 1.82) is 0 Å². The third-order valence-corrected chi connectivity index (χ3v) is 3.33. The van der Waals surface area contributed by atoms with Gasteiger partial charge in [0.05, 0.1) is 37.4 Å². The Bertz CT molecular complexity index is 702. The van der Waals surface area contributed by atoms with E-state index in [0.717, 1.165) is 5.57 Å². The Kier molecular flexibility index (Phi) is 7.65. The fraction of sp³-hybridized carbons (Fsp3) is 0.389. The first-order valence-corrected chi connectivity index (χ1v) is 7.75. The van der Waals surface area contributed by atoms with Gasteiger partial charge in [-0.2, -0.15) is 0 Å². The molecule has 0 spiro atoms. The SMILES string of the molecule is CCOC(=O)/C(=C/c1cc(OC)c(OC)cc1[N+](=O)[O-])CC=C(C)C. The van der Waals surface area contributed by atoms with Crippen LogP contribution in [0.3, 0.4) is 0 Å². The monoisotopic (exact) mass is 349 g/mol. The normalized spacial score (nSPS) is 10.8. The number of nitro groups is 1. The number of nitrogens with zero attached hydrogens (tertiary/aromatic N) is 1. The Morgan fingerprint density at radius 3 is 2.28 bits per heavy atom. The summed E-state index contributed by atoms with van der Waals surface area (Å²) in [6.45, 7) is 5.73. The Hall–Kier alpha value is -2.83. The standard InChI is InChI=1S/C18H23NO6/c1-6-25-18(20)13(8-7-12(2)3)9-14-10-16(23-4)17(24-5)11-15(14)19(21)22/h7,9-11H,6,8H2,1-5H3/b13-9+. The van der Waals surface area contributed by atoms with Gasteiger partial charge in [0.1, 0.15) is 0 Å². The Morgan fingerprint density at radius 2 is 1.80 bits per heavy atom. The highest BCUT2D eigenvalue weighted by molar-refractivity contribution is 5.94. The number of benzene rings is 1. The molecule has 7 heteroatoms. The van der Waals surface area contributed by atoms with Gasteiger partial charge in [-0.25, -0.2) is 4.79 Å². The van der Waals surface area contributed by atoms with Crippen LogP contribution in [0.15, 0.2) is 29.4 Å². The van der Waals surface area contributed by atoms with Gasteiger partial charge in [0, 0.05) is 5.57 Å². The molecule has 1 aromatic carbocycles. The molecular weight excluding hydrogens is 326 g/mol. The predicted octanol–water partition coefficient (Wildman–Crippen LogP) is 3.91. The number of carbonyl (C=O) groups excluding carboxylic acids is 1. The van der Waals surface area contributed by atoms with Gasteiger partial charge >= 0.3 is 5.97 Å². The zero-order chi connectivity index (χ0) is 19.0. The molecule has 0 bridgehead atoms. The van der Waals surface area contributed by atoms with E-state index in [2.05, 4.69) is 0 Å². The molecule has 0 aliphatic rings. The number of carbonyl (C=O) groups is 1. The van der Waals surface area contributed by atoms with Crippen LogP contribution in [-0.4, -0.2) is 31.7 Å². The fourth-order valence-electron chi connectivity index (χ4n) is 2.08. The first kappa shape index (κ1) is 20.2. The van der Waals surface area contributed by atoms with Gasteiger partial charge in [-0.15, -0.1) is 0 Å². The van der Waals surface area contributed by atoms with Crippen molar-refractivity contribution in [3.63, 3.8) is 0 Å². The number of methoxy groups -OCH3 is 2. The van der Waals surface area contributed by atoms with Crippen LogP contribution >= 0.6 is 0 Å². The van der Waals surface area contributed by atoms with E-state index < -0.39 is 10.9 Å². The van der Waals surface area contributed by atoms with Gasteiger partial charge < -0.3 is 14.2 Å². The lowest BCUT2D eigenvalue weighted by Crippen LogP contribution is -2.07. The second-order valence-electron chi connectivity index (χ2n) is 5.40. The summed E-state index contributed by atoms with van der Waals surface area (Å²) in [4.78, 5) is 23.0. The highest BCUT2D eigenvalue weighted by atomic mass is 16.6. The first-order valence-electron chi connectivity index (χ1n) is 7.75. The van der Waals surface area contributed by atoms with Crippen molar-refractivity contribution in [2.24, 2.45) is 0 Å². The van der Waals surface area contributed by atoms with Crippen molar-refractivity contribution in [3.8, 4) is 11.5 Å². The van der Waals surface area contributed by atoms with E-state index in [1.807, 2.05) is 19.9 Å². The van der Waals surface area contributed by atoms with Gasteiger partial charge in [-0.3, -0.25) is 10.1 Å². The van der Waals surface area contributed by atoms with Crippen LogP contribution in [-0.2, 0) is 9.53 Å². The largest absolute Gasteiger partial charge is 0.493 e. The Balaban J connectivity index is 3.50. The molecule has 0 radical (unpaired) electrons. The third kappa shape index (κ3) is 5.63. The zero-order valence-electron chi connectivity index (χ0n) is 15.1. The van der Waals surface area contributed by atoms with Gasteiger partial charge in [-0.05, 0) is 39.3 Å². The maximum atomic E-state index is 12.2. The van der Waals surface area contributed by atoms with E-state index in [1.165, 1.54) is 32.4 Å². The lowest BCUT2D eigenvalue weighted by molar-refractivity contribution is -0.385. The number of nitro benzene ring substituents is 1. The summed E-state index contributed by atoms with van der Waals surface area (Å²) in [6.07, 6.45) is 3.62. The molecule has 0 heterocycles. The minimum absolute atomic E-state index is 0.184. The molecule has 25 heavy (non-hydrogen) atoms. The number of esters is 1. The lowest BCUT2D eigenvalue weighted by atomic mass is 10.0. The molecule has 136 valence electrons. The smallest absolute Gasteiger partial charge is 0.334 e. The van der Waals surface area contributed by atoms with Crippen molar-refractivity contribution < 1.29 is 23.9 Å². The van der Waals surface area contributed by atoms with E-state index >= 15 is 0 Å². The molecule has 0 saturated carbocycles. The van der Waals surface area contributed by atoms with E-state index in [0.29, 0.717) is 17.7 Å². The molecule has 0 unspecified atom stereocenters. The molecule has 0 fully saturated rings. The molecule has 0 N–H and O–H groups in total. The molecule has 1 aromatic rings. The molecule has 0 saturated heterocycles. The van der Waals surface area contributed by atoms with Crippen LogP contribution < -0.4 is 9.47 Å². The lowest BCUT2D eigenvalue weighted by Gasteiger charge is -2.10. The highest BCUT2D eigenvalue weighted by Crippen LogP contribution is 2.35. The molecule has 0 aliphatic carbocycles. The summed E-state index contributed by atoms with van der Waals surface area (Å²) in [6, 6.07) is 2.74. The maximum Gasteiger partial charge on any atom is 0.334 e. The second kappa shape index (κ2) is 9.46. The number of hydrogen-bond acceptors (Lipinski definition) is 6. The molecule has 0 aromatic heterocycles. The van der Waals surface area contributed by atoms with Crippen molar-refractivity contribution >= 4 is 17.7 Å². The molecule has 0 atom stereocenters. The van der Waals surface area contributed by atoms with Crippen LogP contribution in [0.1, 0.15) is 32.8 Å². The van der Waals surface area contributed by atoms with E-state index in [9.17, 15) is 14.9 Å². The van der Waals surface area contributed by atoms with E-state index in [-0.39, 0.29) is 23.6 Å². The summed E-state index contributed by atoms with van der Waals surface area (Å²) in [5.41, 5.74) is 1.40. The summed E-state index contributed by atoms with van der Waals surface area (Å²) in [7, 11) is 2.84. The van der Waals surface area contributed by atoms with E-state index in [1.54, 1.807) is 6.92 Å². The Morgan fingerprint density at radius 1 is 1.20 bits per heavy atom. The average Bonchev–Trinajstić information content (AvgIpc) is 2.57. The van der Waals surface area contributed by atoms with Crippen molar-refractivity contribution in [3.05, 3.63) is 45.0 Å². The topological polar surface area (TPSA) is 87.9 Å². The van der Waals surface area contributed by atoms with Crippen LogP contribution in [0, 0.1) is 10.1 Å². The highest BCUT2D eigenvalue weighted by Gasteiger charge is 2.20. The van der Waals surface area contributed by atoms with E-state index in [4.69, 9.17) is 14.2 Å². The number of allylic oxidation sites excluding steroid dienone is 2. The quantitative estimate of drug-likeness (QED) is 0.232. The van der Waals surface area contributed by atoms with Gasteiger partial charge in [0.15, 0.2) is 11.5 Å². The minimum atomic E-state index is -0.530. The molecular formula is C18H23NO6. The van der Waals surface area contributed by atoms with Crippen molar-refractivity contribution in [1.82, 2.24) is 0 Å². The van der Waals surface area contributed by atoms with Crippen molar-refractivity contribution in [2.75, 3.05) is 20.8 Å². The molecule has 1 rings (SSSR count). The summed E-state index contributed by atoms with van der Waals surface area (Å²) in [5, 5.41) is 11.4. The summed E-state index contributed by atoms with van der Waals surface area (Å²) in [5.74, 6) is 0.0715. The summed E-state index contributed by atoms with van der Waals surface area (Å²) < 4.78 is 15.3. The fourth-order valence-corrected chi connectivity index (χ4v) is 2.08. The van der Waals surface area contributed by atoms with Gasteiger partial charge in [0.25, 0.3) is 5.69 Å². The molecule has 0 amide bonds. The van der Waals surface area contributed by atoms with Gasteiger partial charge in [-0.1, -0.05) is 11.6 Å². The number of ether oxygens (including phenoxy) is 3. The van der Waals surface area contributed by atoms with Crippen LogP contribution in [0.25, 0.3) is 6.08 Å². The minimum Gasteiger partial charge on any atom is -0.493 e. The second-order valence-corrected chi connectivity index (χ2v) is 5.40. The van der Waals surface area contributed by atoms with Gasteiger partial charge in [0.2, 0.25) is 0 Å². The summed E-state index contributed by atoms with van der Waals surface area (Å²) >= 11 is 0. The zero-order valence-corrected chi connectivity index (χ0v) is 15.1. The molecule has 7 nitrogen and oxygen atoms in total. The maximum absolute atomic E-state index is 12.2.